The molecule has 3 aromatic rings. The fourth-order valence-electron chi connectivity index (χ4n) is 2.80. The fraction of sp³-hybridized carbons (Fsp3) is 0.273. The third-order valence-corrected chi connectivity index (χ3v) is 4.51. The van der Waals surface area contributed by atoms with Gasteiger partial charge in [-0.25, -0.2) is 14.4 Å². The Morgan fingerprint density at radius 1 is 1.03 bits per heavy atom. The summed E-state index contributed by atoms with van der Waals surface area (Å²) >= 11 is 0. The third-order valence-electron chi connectivity index (χ3n) is 4.51. The van der Waals surface area contributed by atoms with Crippen LogP contribution in [0.4, 0.5) is 4.39 Å². The number of rotatable bonds is 6. The van der Waals surface area contributed by atoms with Crippen molar-refractivity contribution in [3.05, 3.63) is 59.2 Å². The zero-order valence-electron chi connectivity index (χ0n) is 17.7. The van der Waals surface area contributed by atoms with Gasteiger partial charge in [0, 0.05) is 6.07 Å². The van der Waals surface area contributed by atoms with Crippen LogP contribution in [0.25, 0.3) is 11.0 Å². The van der Waals surface area contributed by atoms with E-state index in [-0.39, 0.29) is 16.6 Å². The molecule has 1 aromatic heterocycles. The predicted molar refractivity (Wildman–Crippen MR) is 112 cm³/mol. The molecule has 0 aliphatic heterocycles. The fourth-order valence-corrected chi connectivity index (χ4v) is 2.80. The van der Waals surface area contributed by atoms with Gasteiger partial charge in [0.1, 0.15) is 22.8 Å². The molecule has 2 amide bonds. The lowest BCUT2D eigenvalue weighted by molar-refractivity contribution is -0.128. The van der Waals surface area contributed by atoms with Gasteiger partial charge in [-0.15, -0.1) is 0 Å². The zero-order chi connectivity index (χ0) is 22.5. The first-order chi connectivity index (χ1) is 14.8. The molecule has 1 heterocycles. The highest BCUT2D eigenvalue weighted by Crippen LogP contribution is 2.20. The van der Waals surface area contributed by atoms with Crippen molar-refractivity contribution in [2.45, 2.75) is 33.8 Å². The van der Waals surface area contributed by atoms with Crippen LogP contribution in [-0.4, -0.2) is 34.5 Å². The van der Waals surface area contributed by atoms with Crippen LogP contribution in [-0.2, 0) is 4.79 Å². The van der Waals surface area contributed by atoms with Gasteiger partial charge in [0.05, 0.1) is 29.1 Å². The Labute approximate surface area is 178 Å². The van der Waals surface area contributed by atoms with Gasteiger partial charge in [-0.05, 0) is 58.0 Å². The van der Waals surface area contributed by atoms with E-state index in [2.05, 4.69) is 20.8 Å². The minimum Gasteiger partial charge on any atom is -0.494 e. The first kappa shape index (κ1) is 21.9. The van der Waals surface area contributed by atoms with E-state index in [0.29, 0.717) is 29.5 Å². The quantitative estimate of drug-likeness (QED) is 0.588. The number of hydrogen-bond acceptors (Lipinski definition) is 6. The monoisotopic (exact) mass is 426 g/mol. The molecule has 1 unspecified atom stereocenters. The summed E-state index contributed by atoms with van der Waals surface area (Å²) in [6, 6.07) is 9.06. The maximum atomic E-state index is 14.0. The average molecular weight is 426 g/mol. The number of hydrogen-bond donors (Lipinski definition) is 2. The Hall–Kier alpha value is -3.75. The molecule has 0 spiro atoms. The van der Waals surface area contributed by atoms with Gasteiger partial charge in [0.2, 0.25) is 0 Å². The number of amides is 2. The van der Waals surface area contributed by atoms with Gasteiger partial charge < -0.3 is 9.47 Å². The Bertz CT molecular complexity index is 1120. The highest BCUT2D eigenvalue weighted by molar-refractivity contribution is 6.05. The first-order valence-electron chi connectivity index (χ1n) is 9.72. The maximum absolute atomic E-state index is 14.0. The van der Waals surface area contributed by atoms with Crippen molar-refractivity contribution in [1.82, 2.24) is 20.8 Å². The molecule has 3 rings (SSSR count). The molecule has 0 saturated heterocycles. The van der Waals surface area contributed by atoms with Crippen molar-refractivity contribution >= 4 is 22.8 Å². The lowest BCUT2D eigenvalue weighted by Gasteiger charge is -2.16. The molecular formula is C22H23FN4O4. The summed E-state index contributed by atoms with van der Waals surface area (Å²) in [5.41, 5.74) is 6.28. The van der Waals surface area contributed by atoms with E-state index >= 15 is 0 Å². The molecule has 9 heteroatoms. The highest BCUT2D eigenvalue weighted by atomic mass is 19.1. The number of carbonyl (C=O) groups excluding carboxylic acids is 2. The molecule has 0 aliphatic rings. The number of ether oxygens (including phenoxy) is 2. The van der Waals surface area contributed by atoms with Gasteiger partial charge in [-0.2, -0.15) is 0 Å². The molecule has 2 aromatic carbocycles. The van der Waals surface area contributed by atoms with Crippen LogP contribution in [0, 0.1) is 19.7 Å². The van der Waals surface area contributed by atoms with Gasteiger partial charge in [-0.1, -0.05) is 0 Å². The standard InChI is InChI=1S/C22H23FN4O4/c1-5-30-16-6-8-17(9-7-16)31-14(4)21(28)26-27-22(29)18-10-15(23)11-19-20(18)25-13(3)12(2)24-19/h6-11,14H,5H2,1-4H3,(H,26,28)(H,27,29). The number of halogens is 1. The van der Waals surface area contributed by atoms with Crippen molar-refractivity contribution < 1.29 is 23.5 Å². The molecule has 8 nitrogen and oxygen atoms in total. The molecule has 0 aliphatic carbocycles. The van der Waals surface area contributed by atoms with Crippen LogP contribution in [0.1, 0.15) is 35.6 Å². The maximum Gasteiger partial charge on any atom is 0.279 e. The van der Waals surface area contributed by atoms with Crippen molar-refractivity contribution in [2.75, 3.05) is 6.61 Å². The number of nitrogens with zero attached hydrogens (tertiary/aromatic N) is 2. The van der Waals surface area contributed by atoms with E-state index in [1.807, 2.05) is 6.92 Å². The molecule has 1 atom stereocenters. The van der Waals surface area contributed by atoms with Gasteiger partial charge >= 0.3 is 0 Å². The van der Waals surface area contributed by atoms with Crippen LogP contribution in [0.3, 0.4) is 0 Å². The molecule has 162 valence electrons. The van der Waals surface area contributed by atoms with Crippen molar-refractivity contribution in [3.63, 3.8) is 0 Å². The molecule has 31 heavy (non-hydrogen) atoms. The summed E-state index contributed by atoms with van der Waals surface area (Å²) in [7, 11) is 0. The molecule has 0 saturated carbocycles. The zero-order valence-corrected chi connectivity index (χ0v) is 17.7. The van der Waals surface area contributed by atoms with E-state index in [4.69, 9.17) is 9.47 Å². The number of hydrazine groups is 1. The molecule has 0 radical (unpaired) electrons. The van der Waals surface area contributed by atoms with E-state index in [9.17, 15) is 14.0 Å². The summed E-state index contributed by atoms with van der Waals surface area (Å²) in [6.45, 7) is 7.46. The Morgan fingerprint density at radius 2 is 1.68 bits per heavy atom. The van der Waals surface area contributed by atoms with E-state index < -0.39 is 23.7 Å². The number of nitrogens with one attached hydrogen (secondary N) is 2. The SMILES string of the molecule is CCOc1ccc(OC(C)C(=O)NNC(=O)c2cc(F)cc3nc(C)c(C)nc23)cc1. The third kappa shape index (κ3) is 5.25. The Morgan fingerprint density at radius 3 is 2.35 bits per heavy atom. The van der Waals surface area contributed by atoms with Crippen LogP contribution >= 0.6 is 0 Å². The lowest BCUT2D eigenvalue weighted by Crippen LogP contribution is -2.47. The van der Waals surface area contributed by atoms with E-state index in [0.717, 1.165) is 6.07 Å². The first-order valence-corrected chi connectivity index (χ1v) is 9.72. The normalized spacial score (nSPS) is 11.6. The molecule has 0 fully saturated rings. The molecular weight excluding hydrogens is 403 g/mol. The van der Waals surface area contributed by atoms with E-state index in [1.54, 1.807) is 38.1 Å². The minimum atomic E-state index is -0.896. The number of benzene rings is 2. The van der Waals surface area contributed by atoms with Gasteiger partial charge in [0.25, 0.3) is 11.8 Å². The van der Waals surface area contributed by atoms with Crippen LogP contribution in [0.5, 0.6) is 11.5 Å². The van der Waals surface area contributed by atoms with Gasteiger partial charge in [-0.3, -0.25) is 20.4 Å². The van der Waals surface area contributed by atoms with Crippen molar-refractivity contribution in [3.8, 4) is 11.5 Å². The van der Waals surface area contributed by atoms with Crippen molar-refractivity contribution in [2.24, 2.45) is 0 Å². The van der Waals surface area contributed by atoms with Crippen LogP contribution < -0.4 is 20.3 Å². The smallest absolute Gasteiger partial charge is 0.279 e. The second-order valence-corrected chi connectivity index (χ2v) is 6.82. The lowest BCUT2D eigenvalue weighted by atomic mass is 10.1. The second-order valence-electron chi connectivity index (χ2n) is 6.82. The van der Waals surface area contributed by atoms with Crippen LogP contribution in [0.15, 0.2) is 36.4 Å². The Kier molecular flexibility index (Phi) is 6.64. The van der Waals surface area contributed by atoms with Gasteiger partial charge in [0.15, 0.2) is 6.10 Å². The average Bonchev–Trinajstić information content (AvgIpc) is 2.74. The topological polar surface area (TPSA) is 102 Å². The summed E-state index contributed by atoms with van der Waals surface area (Å²) in [5.74, 6) is -0.775. The van der Waals surface area contributed by atoms with Crippen LogP contribution in [0.2, 0.25) is 0 Å². The predicted octanol–water partition coefficient (Wildman–Crippen LogP) is 3.01. The largest absolute Gasteiger partial charge is 0.494 e. The number of aromatic nitrogens is 2. The molecule has 0 bridgehead atoms. The summed E-state index contributed by atoms with van der Waals surface area (Å²) < 4.78 is 24.9. The summed E-state index contributed by atoms with van der Waals surface area (Å²) in [5, 5.41) is 0. The van der Waals surface area contributed by atoms with Crippen molar-refractivity contribution in [1.29, 1.82) is 0 Å². The summed E-state index contributed by atoms with van der Waals surface area (Å²) in [6.07, 6.45) is -0.896. The second kappa shape index (κ2) is 9.38. The van der Waals surface area contributed by atoms with E-state index in [1.165, 1.54) is 13.0 Å². The Balaban J connectivity index is 1.66. The number of fused-ring (bicyclic) bond motifs is 1. The number of carbonyl (C=O) groups is 2. The number of aryl methyl sites for hydroxylation is 2. The minimum absolute atomic E-state index is 0.0361. The summed E-state index contributed by atoms with van der Waals surface area (Å²) in [4.78, 5) is 33.5. The highest BCUT2D eigenvalue weighted by Gasteiger charge is 2.19. The molecule has 2 N–H and O–H groups in total.